The normalized spacial score (nSPS) is 14.8. The van der Waals surface area contributed by atoms with Gasteiger partial charge in [-0.15, -0.1) is 11.3 Å². The molecule has 0 aromatic carbocycles. The first kappa shape index (κ1) is 14.8. The Morgan fingerprint density at radius 2 is 2.40 bits per heavy atom. The maximum Gasteiger partial charge on any atom is 0.409 e. The molecule has 0 bridgehead atoms. The number of carbonyl (C=O) groups excluding carboxylic acids is 2. The molecule has 1 fully saturated rings. The van der Waals surface area contributed by atoms with Crippen molar-refractivity contribution in [2.45, 2.75) is 26.2 Å². The van der Waals surface area contributed by atoms with Gasteiger partial charge in [0.25, 0.3) is 5.91 Å². The zero-order chi connectivity index (χ0) is 14.5. The number of nitrogens with zero attached hydrogens (tertiary/aromatic N) is 2. The van der Waals surface area contributed by atoms with Crippen molar-refractivity contribution >= 4 is 23.3 Å². The highest BCUT2D eigenvalue weighted by Crippen LogP contribution is 2.18. The summed E-state index contributed by atoms with van der Waals surface area (Å²) < 4.78 is 4.83. The van der Waals surface area contributed by atoms with E-state index in [9.17, 15) is 9.59 Å². The van der Waals surface area contributed by atoms with Gasteiger partial charge in [-0.05, 0) is 6.42 Å². The van der Waals surface area contributed by atoms with E-state index < -0.39 is 0 Å². The first-order valence-corrected chi connectivity index (χ1v) is 7.61. The Balaban J connectivity index is 1.70. The Kier molecular flexibility index (Phi) is 4.94. The van der Waals surface area contributed by atoms with Crippen molar-refractivity contribution in [2.24, 2.45) is 0 Å². The standard InChI is InChI=1S/C13H19N3O3S/c1-9(2)12-15-10(8-20-12)11(17)14-4-3-5-16-6-7-19-13(16)18/h8-9H,3-7H2,1-2H3,(H,14,17). The molecule has 0 radical (unpaired) electrons. The van der Waals surface area contributed by atoms with Crippen LogP contribution in [0, 0.1) is 0 Å². The quantitative estimate of drug-likeness (QED) is 0.813. The highest BCUT2D eigenvalue weighted by atomic mass is 32.1. The van der Waals surface area contributed by atoms with E-state index in [2.05, 4.69) is 24.1 Å². The molecule has 0 atom stereocenters. The van der Waals surface area contributed by atoms with Gasteiger partial charge >= 0.3 is 6.09 Å². The third kappa shape index (κ3) is 3.69. The summed E-state index contributed by atoms with van der Waals surface area (Å²) in [7, 11) is 0. The lowest BCUT2D eigenvalue weighted by Gasteiger charge is -2.12. The van der Waals surface area contributed by atoms with E-state index in [0.29, 0.717) is 44.3 Å². The fourth-order valence-electron chi connectivity index (χ4n) is 1.85. The van der Waals surface area contributed by atoms with Crippen molar-refractivity contribution in [1.29, 1.82) is 0 Å². The van der Waals surface area contributed by atoms with Gasteiger partial charge in [-0.2, -0.15) is 0 Å². The van der Waals surface area contributed by atoms with Crippen LogP contribution in [0.4, 0.5) is 4.79 Å². The van der Waals surface area contributed by atoms with Crippen molar-refractivity contribution in [2.75, 3.05) is 26.2 Å². The van der Waals surface area contributed by atoms with Crippen LogP contribution in [-0.4, -0.2) is 48.1 Å². The number of thiazole rings is 1. The van der Waals surface area contributed by atoms with E-state index in [4.69, 9.17) is 4.74 Å². The van der Waals surface area contributed by atoms with Gasteiger partial charge < -0.3 is 15.0 Å². The molecule has 1 aliphatic heterocycles. The molecule has 1 aromatic rings. The number of hydrogen-bond donors (Lipinski definition) is 1. The largest absolute Gasteiger partial charge is 0.448 e. The van der Waals surface area contributed by atoms with Gasteiger partial charge in [-0.1, -0.05) is 13.8 Å². The van der Waals surface area contributed by atoms with Crippen LogP contribution in [-0.2, 0) is 4.74 Å². The summed E-state index contributed by atoms with van der Waals surface area (Å²) in [5.41, 5.74) is 0.472. The lowest BCUT2D eigenvalue weighted by atomic mass is 10.2. The first-order valence-electron chi connectivity index (χ1n) is 6.73. The lowest BCUT2D eigenvalue weighted by Crippen LogP contribution is -2.30. The minimum Gasteiger partial charge on any atom is -0.448 e. The molecule has 110 valence electrons. The van der Waals surface area contributed by atoms with Crippen LogP contribution in [0.15, 0.2) is 5.38 Å². The van der Waals surface area contributed by atoms with Crippen LogP contribution in [0.5, 0.6) is 0 Å². The summed E-state index contributed by atoms with van der Waals surface area (Å²) in [6.07, 6.45) is 0.444. The third-order valence-electron chi connectivity index (χ3n) is 2.98. The zero-order valence-electron chi connectivity index (χ0n) is 11.7. The van der Waals surface area contributed by atoms with Crippen LogP contribution < -0.4 is 5.32 Å². The second kappa shape index (κ2) is 6.69. The zero-order valence-corrected chi connectivity index (χ0v) is 12.5. The molecule has 1 aliphatic rings. The van der Waals surface area contributed by atoms with Gasteiger partial charge in [0, 0.05) is 24.4 Å². The molecule has 0 saturated carbocycles. The second-order valence-electron chi connectivity index (χ2n) is 4.94. The number of ether oxygens (including phenoxy) is 1. The minimum absolute atomic E-state index is 0.155. The van der Waals surface area contributed by atoms with E-state index in [-0.39, 0.29) is 12.0 Å². The van der Waals surface area contributed by atoms with E-state index in [1.165, 1.54) is 11.3 Å². The van der Waals surface area contributed by atoms with Gasteiger partial charge in [0.1, 0.15) is 12.3 Å². The van der Waals surface area contributed by atoms with Crippen LogP contribution in [0.3, 0.4) is 0 Å². The molecule has 0 spiro atoms. The highest BCUT2D eigenvalue weighted by molar-refractivity contribution is 7.09. The van der Waals surface area contributed by atoms with E-state index in [1.807, 2.05) is 0 Å². The number of amides is 2. The summed E-state index contributed by atoms with van der Waals surface area (Å²) in [6, 6.07) is 0. The Bertz CT molecular complexity index is 487. The Labute approximate surface area is 122 Å². The van der Waals surface area contributed by atoms with Gasteiger partial charge in [-0.25, -0.2) is 9.78 Å². The number of carbonyl (C=O) groups is 2. The third-order valence-corrected chi connectivity index (χ3v) is 4.13. The molecule has 0 unspecified atom stereocenters. The Morgan fingerprint density at radius 1 is 1.60 bits per heavy atom. The van der Waals surface area contributed by atoms with Crippen molar-refractivity contribution in [3.05, 3.63) is 16.1 Å². The van der Waals surface area contributed by atoms with Crippen LogP contribution >= 0.6 is 11.3 Å². The Hall–Kier alpha value is -1.63. The fourth-order valence-corrected chi connectivity index (χ4v) is 2.66. The molecule has 6 nitrogen and oxygen atoms in total. The average Bonchev–Trinajstić information content (AvgIpc) is 3.03. The lowest BCUT2D eigenvalue weighted by molar-refractivity contribution is 0.0948. The smallest absolute Gasteiger partial charge is 0.409 e. The molecule has 1 aromatic heterocycles. The predicted octanol–water partition coefficient (Wildman–Crippen LogP) is 1.84. The molecule has 2 rings (SSSR count). The summed E-state index contributed by atoms with van der Waals surface area (Å²) in [4.78, 5) is 29.0. The predicted molar refractivity (Wildman–Crippen MR) is 76.1 cm³/mol. The van der Waals surface area contributed by atoms with Gasteiger partial charge in [-0.3, -0.25) is 4.79 Å². The van der Waals surface area contributed by atoms with E-state index in [1.54, 1.807) is 10.3 Å². The summed E-state index contributed by atoms with van der Waals surface area (Å²) in [5.74, 6) is 0.180. The second-order valence-corrected chi connectivity index (χ2v) is 5.83. The van der Waals surface area contributed by atoms with Gasteiger partial charge in [0.05, 0.1) is 11.6 Å². The number of aromatic nitrogens is 1. The average molecular weight is 297 g/mol. The van der Waals surface area contributed by atoms with E-state index in [0.717, 1.165) is 5.01 Å². The molecule has 7 heteroatoms. The fraction of sp³-hybridized carbons (Fsp3) is 0.615. The van der Waals surface area contributed by atoms with E-state index >= 15 is 0 Å². The monoisotopic (exact) mass is 297 g/mol. The molecular weight excluding hydrogens is 278 g/mol. The summed E-state index contributed by atoms with van der Waals surface area (Å²) >= 11 is 1.50. The van der Waals surface area contributed by atoms with Gasteiger partial charge in [0.15, 0.2) is 0 Å². The summed E-state index contributed by atoms with van der Waals surface area (Å²) in [6.45, 7) is 6.33. The number of hydrogen-bond acceptors (Lipinski definition) is 5. The molecule has 20 heavy (non-hydrogen) atoms. The van der Waals surface area contributed by atoms with Crippen molar-refractivity contribution in [3.8, 4) is 0 Å². The molecular formula is C13H19N3O3S. The first-order chi connectivity index (χ1) is 9.58. The van der Waals surface area contributed by atoms with Crippen molar-refractivity contribution in [3.63, 3.8) is 0 Å². The molecule has 1 N–H and O–H groups in total. The molecule has 2 heterocycles. The number of nitrogens with one attached hydrogen (secondary N) is 1. The Morgan fingerprint density at radius 3 is 3.00 bits per heavy atom. The molecule has 2 amide bonds. The maximum absolute atomic E-state index is 11.9. The maximum atomic E-state index is 11.9. The highest BCUT2D eigenvalue weighted by Gasteiger charge is 2.21. The minimum atomic E-state index is -0.266. The molecule has 1 saturated heterocycles. The molecule has 0 aliphatic carbocycles. The van der Waals surface area contributed by atoms with Crippen LogP contribution in [0.25, 0.3) is 0 Å². The van der Waals surface area contributed by atoms with Crippen LogP contribution in [0.1, 0.15) is 41.7 Å². The van der Waals surface area contributed by atoms with Crippen molar-refractivity contribution < 1.29 is 14.3 Å². The number of cyclic esters (lactones) is 1. The number of rotatable bonds is 6. The topological polar surface area (TPSA) is 71.5 Å². The van der Waals surface area contributed by atoms with Crippen LogP contribution in [0.2, 0.25) is 0 Å². The summed E-state index contributed by atoms with van der Waals surface area (Å²) in [5, 5.41) is 5.56. The SMILES string of the molecule is CC(C)c1nc(C(=O)NCCCN2CCOC2=O)cs1. The van der Waals surface area contributed by atoms with Gasteiger partial charge in [0.2, 0.25) is 0 Å². The van der Waals surface area contributed by atoms with Crippen molar-refractivity contribution in [1.82, 2.24) is 15.2 Å².